The summed E-state index contributed by atoms with van der Waals surface area (Å²) in [5.41, 5.74) is 1.44. The van der Waals surface area contributed by atoms with Crippen molar-refractivity contribution >= 4 is 22.6 Å². The zero-order chi connectivity index (χ0) is 29.9. The van der Waals surface area contributed by atoms with E-state index in [1.165, 1.54) is 0 Å². The van der Waals surface area contributed by atoms with Gasteiger partial charge in [-0.1, -0.05) is 71.9 Å². The molecule has 7 nitrogen and oxygen atoms in total. The fourth-order valence-corrected chi connectivity index (χ4v) is 11.2. The van der Waals surface area contributed by atoms with Crippen LogP contribution in [-0.4, -0.2) is 60.9 Å². The van der Waals surface area contributed by atoms with E-state index in [9.17, 15) is 4.79 Å². The SMILES string of the molecule is CC[Si](CC)(CC)O[C@@H]1[C@@H](OC(=O)c2ccc(OC)cc2)[C@@H](OCc2ccccc2)OC[C@H]1O[Si](CC)(CC)CC. The van der Waals surface area contributed by atoms with E-state index in [2.05, 4.69) is 41.5 Å². The number of ether oxygens (including phenoxy) is 4. The molecule has 0 saturated carbocycles. The van der Waals surface area contributed by atoms with Crippen LogP contribution < -0.4 is 4.74 Å². The summed E-state index contributed by atoms with van der Waals surface area (Å²) in [4.78, 5) is 13.6. The fourth-order valence-electron chi connectivity index (χ4n) is 5.54. The normalized spacial score (nSPS) is 21.4. The molecule has 0 unspecified atom stereocenters. The lowest BCUT2D eigenvalue weighted by Gasteiger charge is -2.47. The molecule has 0 radical (unpaired) electrons. The van der Waals surface area contributed by atoms with Gasteiger partial charge in [0.15, 0.2) is 29.0 Å². The van der Waals surface area contributed by atoms with Crippen LogP contribution in [0.4, 0.5) is 0 Å². The van der Waals surface area contributed by atoms with Crippen molar-refractivity contribution in [3.63, 3.8) is 0 Å². The molecule has 1 aliphatic heterocycles. The van der Waals surface area contributed by atoms with Crippen molar-refractivity contribution in [2.24, 2.45) is 0 Å². The second kappa shape index (κ2) is 16.0. The minimum Gasteiger partial charge on any atom is -0.497 e. The molecule has 41 heavy (non-hydrogen) atoms. The lowest BCUT2D eigenvalue weighted by molar-refractivity contribution is -0.267. The highest BCUT2D eigenvalue weighted by atomic mass is 28.4. The smallest absolute Gasteiger partial charge is 0.338 e. The van der Waals surface area contributed by atoms with Crippen molar-refractivity contribution < 1.29 is 32.6 Å². The first-order chi connectivity index (χ1) is 19.8. The average Bonchev–Trinajstić information content (AvgIpc) is 3.03. The Balaban J connectivity index is 2.00. The van der Waals surface area contributed by atoms with Crippen molar-refractivity contribution in [1.29, 1.82) is 0 Å². The number of rotatable bonds is 16. The highest BCUT2D eigenvalue weighted by molar-refractivity contribution is 6.74. The van der Waals surface area contributed by atoms with Crippen LogP contribution >= 0.6 is 0 Å². The Kier molecular flexibility index (Phi) is 13.1. The van der Waals surface area contributed by atoms with Crippen molar-refractivity contribution in [3.05, 3.63) is 65.7 Å². The fraction of sp³-hybridized carbons (Fsp3) is 0.594. The molecule has 1 fully saturated rings. The van der Waals surface area contributed by atoms with Gasteiger partial charge >= 0.3 is 5.97 Å². The maximum absolute atomic E-state index is 13.6. The van der Waals surface area contributed by atoms with Gasteiger partial charge in [-0.3, -0.25) is 0 Å². The molecule has 1 aliphatic rings. The highest BCUT2D eigenvalue weighted by Gasteiger charge is 2.50. The average molecular weight is 603 g/mol. The lowest BCUT2D eigenvalue weighted by Crippen LogP contribution is -2.62. The van der Waals surface area contributed by atoms with E-state index in [1.54, 1.807) is 31.4 Å². The monoisotopic (exact) mass is 602 g/mol. The number of esters is 1. The topological polar surface area (TPSA) is 72.5 Å². The number of hydrogen-bond donors (Lipinski definition) is 0. The molecule has 1 saturated heterocycles. The largest absolute Gasteiger partial charge is 0.497 e. The number of benzene rings is 2. The summed E-state index contributed by atoms with van der Waals surface area (Å²) in [5.74, 6) is 0.219. The molecule has 2 aromatic carbocycles. The predicted molar refractivity (Wildman–Crippen MR) is 167 cm³/mol. The second-order valence-corrected chi connectivity index (χ2v) is 20.3. The zero-order valence-corrected chi connectivity index (χ0v) is 28.0. The number of methoxy groups -OCH3 is 1. The summed E-state index contributed by atoms with van der Waals surface area (Å²) >= 11 is 0. The molecule has 0 amide bonds. The van der Waals surface area contributed by atoms with E-state index < -0.39 is 41.1 Å². The zero-order valence-electron chi connectivity index (χ0n) is 26.0. The second-order valence-electron chi connectivity index (χ2n) is 10.8. The summed E-state index contributed by atoms with van der Waals surface area (Å²) in [6, 6.07) is 22.8. The molecule has 9 heteroatoms. The van der Waals surface area contributed by atoms with E-state index >= 15 is 0 Å². The summed E-state index contributed by atoms with van der Waals surface area (Å²) in [6.45, 7) is 13.9. The molecule has 2 aromatic rings. The van der Waals surface area contributed by atoms with Crippen LogP contribution in [0.15, 0.2) is 54.6 Å². The van der Waals surface area contributed by atoms with Crippen LogP contribution in [0.2, 0.25) is 36.3 Å². The Morgan fingerprint density at radius 2 is 1.34 bits per heavy atom. The Hall–Kier alpha value is -2.02. The van der Waals surface area contributed by atoms with Crippen molar-refractivity contribution in [2.75, 3.05) is 13.7 Å². The van der Waals surface area contributed by atoms with Crippen molar-refractivity contribution in [3.8, 4) is 5.75 Å². The Morgan fingerprint density at radius 1 is 0.780 bits per heavy atom. The molecule has 228 valence electrons. The first kappa shape index (κ1) is 33.5. The minimum atomic E-state index is -2.14. The lowest BCUT2D eigenvalue weighted by atomic mass is 10.0. The molecular weight excluding hydrogens is 553 g/mol. The molecule has 0 N–H and O–H groups in total. The molecule has 0 aromatic heterocycles. The van der Waals surface area contributed by atoms with Gasteiger partial charge in [-0.05, 0) is 66.1 Å². The van der Waals surface area contributed by atoms with Crippen molar-refractivity contribution in [1.82, 2.24) is 0 Å². The van der Waals surface area contributed by atoms with E-state index in [-0.39, 0.29) is 6.10 Å². The molecule has 3 rings (SSSR count). The maximum Gasteiger partial charge on any atom is 0.338 e. The summed E-state index contributed by atoms with van der Waals surface area (Å²) in [7, 11) is -2.57. The maximum atomic E-state index is 13.6. The summed E-state index contributed by atoms with van der Waals surface area (Å²) in [6.07, 6.45) is -2.42. The van der Waals surface area contributed by atoms with Crippen molar-refractivity contribution in [2.45, 2.75) is 109 Å². The Labute approximate surface area is 249 Å². The van der Waals surface area contributed by atoms with Gasteiger partial charge in [0, 0.05) is 0 Å². The first-order valence-corrected chi connectivity index (χ1v) is 20.4. The third-order valence-corrected chi connectivity index (χ3v) is 18.2. The van der Waals surface area contributed by atoms with Crippen LogP contribution in [0.3, 0.4) is 0 Å². The standard InChI is InChI=1S/C32H50O7Si2/c1-8-40(9-2,10-3)38-28-24-36-32(35-23-25-17-15-14-16-18-25)30(29(28)39-41(11-4,12-5)13-6)37-31(33)26-19-21-27(34-7)22-20-26/h14-22,28-30,32H,8-13,23-24H2,1-7H3/t28-,29+,30-,32+/m1/s1. The van der Waals surface area contributed by atoms with Gasteiger partial charge in [0.2, 0.25) is 0 Å². The molecule has 0 spiro atoms. The van der Waals surface area contributed by atoms with Gasteiger partial charge < -0.3 is 27.8 Å². The van der Waals surface area contributed by atoms with E-state index in [0.29, 0.717) is 24.5 Å². The van der Waals surface area contributed by atoms with Crippen LogP contribution in [0.5, 0.6) is 5.75 Å². The summed E-state index contributed by atoms with van der Waals surface area (Å²) < 4.78 is 38.4. The van der Waals surface area contributed by atoms with Crippen LogP contribution in [0.25, 0.3) is 0 Å². The number of carbonyl (C=O) groups excluding carboxylic acids is 1. The Bertz CT molecular complexity index is 1030. The van der Waals surface area contributed by atoms with E-state index in [0.717, 1.165) is 41.8 Å². The van der Waals surface area contributed by atoms with E-state index in [1.807, 2.05) is 30.3 Å². The first-order valence-electron chi connectivity index (χ1n) is 15.3. The van der Waals surface area contributed by atoms with Crippen LogP contribution in [-0.2, 0) is 29.7 Å². The molecular formula is C32H50O7Si2. The van der Waals surface area contributed by atoms with Gasteiger partial charge in [-0.2, -0.15) is 0 Å². The van der Waals surface area contributed by atoms with Crippen LogP contribution in [0, 0.1) is 0 Å². The molecule has 4 atom stereocenters. The van der Waals surface area contributed by atoms with Gasteiger partial charge in [-0.25, -0.2) is 4.79 Å². The molecule has 0 bridgehead atoms. The third-order valence-electron chi connectivity index (χ3n) is 8.86. The van der Waals surface area contributed by atoms with E-state index in [4.69, 9.17) is 27.8 Å². The van der Waals surface area contributed by atoms with Gasteiger partial charge in [-0.15, -0.1) is 0 Å². The van der Waals surface area contributed by atoms with Crippen LogP contribution in [0.1, 0.15) is 57.5 Å². The Morgan fingerprint density at radius 3 is 1.88 bits per heavy atom. The molecule has 0 aliphatic carbocycles. The highest BCUT2D eigenvalue weighted by Crippen LogP contribution is 2.35. The van der Waals surface area contributed by atoms with Gasteiger partial charge in [0.1, 0.15) is 11.9 Å². The van der Waals surface area contributed by atoms with Gasteiger partial charge in [0.05, 0.1) is 32.0 Å². The quantitative estimate of drug-likeness (QED) is 0.145. The third kappa shape index (κ3) is 8.52. The summed E-state index contributed by atoms with van der Waals surface area (Å²) in [5, 5.41) is 0. The van der Waals surface area contributed by atoms with Gasteiger partial charge in [0.25, 0.3) is 0 Å². The molecule has 1 heterocycles. The predicted octanol–water partition coefficient (Wildman–Crippen LogP) is 7.57. The minimum absolute atomic E-state index is 0.329. The number of hydrogen-bond acceptors (Lipinski definition) is 7. The number of carbonyl (C=O) groups is 1.